The van der Waals surface area contributed by atoms with Crippen molar-refractivity contribution in [1.29, 1.82) is 0 Å². The molecule has 7 heteroatoms. The molecule has 2 aromatic carbocycles. The fraction of sp³-hybridized carbons (Fsp3) is 0.167. The number of hydrogen-bond donors (Lipinski definition) is 1. The van der Waals surface area contributed by atoms with Gasteiger partial charge in [-0.1, -0.05) is 60.7 Å². The van der Waals surface area contributed by atoms with Gasteiger partial charge in [-0.05, 0) is 30.2 Å². The third kappa shape index (κ3) is 3.44. The summed E-state index contributed by atoms with van der Waals surface area (Å²) in [6, 6.07) is 22.4. The van der Waals surface area contributed by atoms with Crippen LogP contribution in [0.5, 0.6) is 0 Å². The number of pyridine rings is 1. The van der Waals surface area contributed by atoms with Gasteiger partial charge in [-0.15, -0.1) is 0 Å². The lowest BCUT2D eigenvalue weighted by molar-refractivity contribution is 0.0914. The molecule has 0 spiro atoms. The molecule has 0 aliphatic rings. The number of carbonyl (C=O) groups is 1. The van der Waals surface area contributed by atoms with Crippen molar-refractivity contribution in [1.82, 2.24) is 19.4 Å². The molecule has 0 unspecified atom stereocenters. The molecule has 4 rings (SSSR count). The first kappa shape index (κ1) is 20.3. The molecule has 0 atom stereocenters. The van der Waals surface area contributed by atoms with Gasteiger partial charge in [0.1, 0.15) is 11.3 Å². The van der Waals surface area contributed by atoms with Gasteiger partial charge in [0.2, 0.25) is 0 Å². The van der Waals surface area contributed by atoms with Gasteiger partial charge in [0.05, 0.1) is 10.9 Å². The van der Waals surface area contributed by atoms with Crippen molar-refractivity contribution in [3.63, 3.8) is 0 Å². The highest BCUT2D eigenvalue weighted by atomic mass is 16.2. The molecule has 7 nitrogen and oxygen atoms in total. The van der Waals surface area contributed by atoms with Crippen molar-refractivity contribution in [3.05, 3.63) is 110 Å². The Morgan fingerprint density at radius 1 is 0.839 bits per heavy atom. The van der Waals surface area contributed by atoms with E-state index in [0.717, 1.165) is 15.7 Å². The van der Waals surface area contributed by atoms with E-state index in [9.17, 15) is 14.4 Å². The van der Waals surface area contributed by atoms with Crippen LogP contribution >= 0.6 is 0 Å². The predicted octanol–water partition coefficient (Wildman–Crippen LogP) is 2.33. The molecule has 31 heavy (non-hydrogen) atoms. The van der Waals surface area contributed by atoms with Gasteiger partial charge in [-0.2, -0.15) is 0 Å². The number of carbonyl (C=O) groups excluding carboxylic acids is 1. The summed E-state index contributed by atoms with van der Waals surface area (Å²) in [5.74, 6) is -0.412. The monoisotopic (exact) mass is 414 g/mol. The average molecular weight is 414 g/mol. The number of nitrogens with one attached hydrogen (secondary N) is 1. The van der Waals surface area contributed by atoms with Crippen LogP contribution in [0.25, 0.3) is 11.0 Å². The van der Waals surface area contributed by atoms with Crippen LogP contribution in [-0.4, -0.2) is 20.0 Å². The summed E-state index contributed by atoms with van der Waals surface area (Å²) in [6.45, 7) is 1.93. The van der Waals surface area contributed by atoms with Gasteiger partial charge < -0.3 is 5.32 Å². The fourth-order valence-electron chi connectivity index (χ4n) is 3.73. The smallest absolute Gasteiger partial charge is 0.332 e. The zero-order valence-corrected chi connectivity index (χ0v) is 17.5. The second-order valence-corrected chi connectivity index (χ2v) is 7.58. The van der Waals surface area contributed by atoms with E-state index in [1.165, 1.54) is 30.8 Å². The number of fused-ring (bicyclic) bond motifs is 1. The Morgan fingerprint density at radius 2 is 1.39 bits per heavy atom. The van der Waals surface area contributed by atoms with E-state index in [1.54, 1.807) is 0 Å². The summed E-state index contributed by atoms with van der Waals surface area (Å²) >= 11 is 0. The summed E-state index contributed by atoms with van der Waals surface area (Å²) < 4.78 is 2.28. The normalized spacial score (nSPS) is 11.5. The molecule has 0 aliphatic heterocycles. The van der Waals surface area contributed by atoms with Gasteiger partial charge in [0.15, 0.2) is 0 Å². The van der Waals surface area contributed by atoms with Crippen molar-refractivity contribution in [3.8, 4) is 0 Å². The van der Waals surface area contributed by atoms with Gasteiger partial charge in [-0.25, -0.2) is 9.78 Å². The highest BCUT2D eigenvalue weighted by Crippen LogP contribution is 2.29. The van der Waals surface area contributed by atoms with Gasteiger partial charge in [0.25, 0.3) is 11.5 Å². The number of aromatic nitrogens is 3. The van der Waals surface area contributed by atoms with Crippen molar-refractivity contribution < 1.29 is 4.79 Å². The number of hydrogen-bond acceptors (Lipinski definition) is 4. The summed E-state index contributed by atoms with van der Waals surface area (Å²) in [5, 5.41) is 3.37. The molecule has 156 valence electrons. The Kier molecular flexibility index (Phi) is 5.02. The number of aryl methyl sites for hydroxylation is 1. The average Bonchev–Trinajstić information content (AvgIpc) is 2.82. The standard InChI is InChI=1S/C24H22N4O3/c1-24(16-10-6-4-7-11-16,17-12-8-5-9-13-17)26-21(29)19-15-14-18-20(25-19)27(2)23(31)28(3)22(18)30/h4-15H,1-3H3,(H,26,29). The zero-order valence-electron chi connectivity index (χ0n) is 17.5. The molecule has 0 aliphatic carbocycles. The molecule has 0 saturated heterocycles. The van der Waals surface area contributed by atoms with Crippen LogP contribution in [-0.2, 0) is 19.6 Å². The highest BCUT2D eigenvalue weighted by molar-refractivity contribution is 5.95. The number of nitrogens with zero attached hydrogens (tertiary/aromatic N) is 3. The Morgan fingerprint density at radius 3 is 1.94 bits per heavy atom. The van der Waals surface area contributed by atoms with Crippen molar-refractivity contribution >= 4 is 16.9 Å². The van der Waals surface area contributed by atoms with Gasteiger partial charge >= 0.3 is 5.69 Å². The quantitative estimate of drug-likeness (QED) is 0.555. The molecular weight excluding hydrogens is 392 g/mol. The van der Waals surface area contributed by atoms with Crippen molar-refractivity contribution in [2.24, 2.45) is 14.1 Å². The largest absolute Gasteiger partial charge is 0.337 e. The molecule has 2 aromatic heterocycles. The molecule has 4 aromatic rings. The third-order valence-corrected chi connectivity index (χ3v) is 5.60. The predicted molar refractivity (Wildman–Crippen MR) is 119 cm³/mol. The number of rotatable bonds is 4. The second-order valence-electron chi connectivity index (χ2n) is 7.58. The number of benzene rings is 2. The van der Waals surface area contributed by atoms with Crippen LogP contribution < -0.4 is 16.6 Å². The fourth-order valence-corrected chi connectivity index (χ4v) is 3.73. The maximum absolute atomic E-state index is 13.3. The SMILES string of the molecule is Cn1c(=O)c2ccc(C(=O)NC(C)(c3ccccc3)c3ccccc3)nc2n(C)c1=O. The van der Waals surface area contributed by atoms with Gasteiger partial charge in [0, 0.05) is 14.1 Å². The summed E-state index contributed by atoms with van der Waals surface area (Å²) in [6.07, 6.45) is 0. The molecule has 0 bridgehead atoms. The van der Waals surface area contributed by atoms with E-state index >= 15 is 0 Å². The van der Waals surface area contributed by atoms with Gasteiger partial charge in [-0.3, -0.25) is 18.7 Å². The minimum absolute atomic E-state index is 0.119. The van der Waals surface area contributed by atoms with Crippen LogP contribution in [0.4, 0.5) is 0 Å². The van der Waals surface area contributed by atoms with Crippen LogP contribution in [0.2, 0.25) is 0 Å². The summed E-state index contributed by atoms with van der Waals surface area (Å²) in [7, 11) is 2.94. The molecule has 0 radical (unpaired) electrons. The van der Waals surface area contributed by atoms with E-state index in [-0.39, 0.29) is 16.7 Å². The maximum atomic E-state index is 13.3. The molecule has 0 fully saturated rings. The molecule has 0 saturated carbocycles. The molecule has 1 N–H and O–H groups in total. The minimum Gasteiger partial charge on any atom is -0.337 e. The van der Waals surface area contributed by atoms with Crippen LogP contribution in [0.3, 0.4) is 0 Å². The van der Waals surface area contributed by atoms with Crippen LogP contribution in [0, 0.1) is 0 Å². The third-order valence-electron chi connectivity index (χ3n) is 5.60. The number of amides is 1. The Hall–Kier alpha value is -4.00. The Labute approximate surface area is 178 Å². The van der Waals surface area contributed by atoms with E-state index in [4.69, 9.17) is 0 Å². The highest BCUT2D eigenvalue weighted by Gasteiger charge is 2.31. The van der Waals surface area contributed by atoms with Crippen LogP contribution in [0.15, 0.2) is 82.4 Å². The minimum atomic E-state index is -0.811. The van der Waals surface area contributed by atoms with Crippen LogP contribution in [0.1, 0.15) is 28.5 Å². The lowest BCUT2D eigenvalue weighted by atomic mass is 9.84. The topological polar surface area (TPSA) is 86.0 Å². The first-order valence-electron chi connectivity index (χ1n) is 9.83. The van der Waals surface area contributed by atoms with Crippen molar-refractivity contribution in [2.75, 3.05) is 0 Å². The maximum Gasteiger partial charge on any atom is 0.332 e. The lowest BCUT2D eigenvalue weighted by Gasteiger charge is -2.32. The van der Waals surface area contributed by atoms with E-state index < -0.39 is 22.7 Å². The van der Waals surface area contributed by atoms with E-state index in [0.29, 0.717) is 0 Å². The Balaban J connectivity index is 1.81. The summed E-state index contributed by atoms with van der Waals surface area (Å²) in [5.41, 5.74) is 0.357. The molecular formula is C24H22N4O3. The Bertz CT molecular complexity index is 1350. The zero-order chi connectivity index (χ0) is 22.2. The van der Waals surface area contributed by atoms with E-state index in [1.807, 2.05) is 67.6 Å². The summed E-state index contributed by atoms with van der Waals surface area (Å²) in [4.78, 5) is 42.3. The molecule has 1 amide bonds. The van der Waals surface area contributed by atoms with E-state index in [2.05, 4.69) is 10.3 Å². The second kappa shape index (κ2) is 7.68. The first-order chi connectivity index (χ1) is 14.8. The first-order valence-corrected chi connectivity index (χ1v) is 9.83. The van der Waals surface area contributed by atoms with Crippen molar-refractivity contribution in [2.45, 2.75) is 12.5 Å². The molecule has 2 heterocycles. The lowest BCUT2D eigenvalue weighted by Crippen LogP contribution is -2.45.